The lowest BCUT2D eigenvalue weighted by molar-refractivity contribution is -0.142. The molecular formula is C24H24Cl2F2N2O3. The summed E-state index contributed by atoms with van der Waals surface area (Å²) >= 11 is 0. The van der Waals surface area contributed by atoms with E-state index in [-0.39, 0.29) is 50.2 Å². The van der Waals surface area contributed by atoms with Gasteiger partial charge in [0.2, 0.25) is 0 Å². The Kier molecular flexibility index (Phi) is 11.6. The lowest BCUT2D eigenvalue weighted by Gasteiger charge is -2.18. The molecule has 33 heavy (non-hydrogen) atoms. The topological polar surface area (TPSA) is 68.3 Å². The normalized spacial score (nSPS) is 11.0. The van der Waals surface area contributed by atoms with Crippen molar-refractivity contribution in [3.05, 3.63) is 89.8 Å². The van der Waals surface area contributed by atoms with E-state index in [1.165, 1.54) is 6.07 Å². The van der Waals surface area contributed by atoms with Crippen LogP contribution in [-0.4, -0.2) is 35.9 Å². The molecule has 0 radical (unpaired) electrons. The Morgan fingerprint density at radius 2 is 1.70 bits per heavy atom. The molecule has 0 spiro atoms. The number of nitrogens with one attached hydrogen (secondary N) is 1. The molecule has 9 heteroatoms. The summed E-state index contributed by atoms with van der Waals surface area (Å²) in [7, 11) is 0. The minimum absolute atomic E-state index is 0. The van der Waals surface area contributed by atoms with E-state index in [0.29, 0.717) is 11.1 Å². The fourth-order valence-electron chi connectivity index (χ4n) is 3.18. The van der Waals surface area contributed by atoms with Crippen LogP contribution in [0.5, 0.6) is 0 Å². The Bertz CT molecular complexity index is 1070. The predicted octanol–water partition coefficient (Wildman–Crippen LogP) is 4.82. The Hall–Kier alpha value is -2.87. The second kappa shape index (κ2) is 13.6. The van der Waals surface area contributed by atoms with Crippen molar-refractivity contribution in [2.24, 2.45) is 0 Å². The molecule has 0 saturated heterocycles. The molecule has 1 atom stereocenters. The lowest BCUT2D eigenvalue weighted by Crippen LogP contribution is -2.42. The van der Waals surface area contributed by atoms with Crippen LogP contribution in [-0.2, 0) is 16.0 Å². The number of hydrogen-bond acceptors (Lipinski definition) is 5. The molecule has 1 N–H and O–H groups in total. The molecule has 0 unspecified atom stereocenters. The highest BCUT2D eigenvalue weighted by Crippen LogP contribution is 2.21. The molecule has 176 valence electrons. The van der Waals surface area contributed by atoms with Crippen LogP contribution in [0.3, 0.4) is 0 Å². The van der Waals surface area contributed by atoms with Gasteiger partial charge in [-0.2, -0.15) is 0 Å². The van der Waals surface area contributed by atoms with Crippen molar-refractivity contribution in [1.29, 1.82) is 0 Å². The highest BCUT2D eigenvalue weighted by molar-refractivity contribution is 6.01. The van der Waals surface area contributed by atoms with Crippen LogP contribution < -0.4 is 5.32 Å². The summed E-state index contributed by atoms with van der Waals surface area (Å²) < 4.78 is 31.8. The van der Waals surface area contributed by atoms with Crippen LogP contribution in [0.4, 0.5) is 8.78 Å². The molecule has 3 aromatic rings. The molecule has 0 fully saturated rings. The number of ketones is 1. The number of ether oxygens (including phenoxy) is 1. The largest absolute Gasteiger partial charge is 0.465 e. The second-order valence-corrected chi connectivity index (χ2v) is 6.87. The summed E-state index contributed by atoms with van der Waals surface area (Å²) in [6, 6.07) is 13.4. The van der Waals surface area contributed by atoms with Crippen molar-refractivity contribution >= 4 is 36.6 Å². The SMILES string of the molecule is CCOC(=O)CN[C@@H](Cc1ccc(F)c(F)c1)C(=O)c1cccc(-c2ccncc2)c1.Cl.Cl. The zero-order valence-electron chi connectivity index (χ0n) is 17.8. The number of hydrogen-bond donors (Lipinski definition) is 1. The number of pyridine rings is 1. The van der Waals surface area contributed by atoms with Crippen LogP contribution in [0, 0.1) is 11.6 Å². The van der Waals surface area contributed by atoms with Crippen molar-refractivity contribution in [2.45, 2.75) is 19.4 Å². The zero-order valence-corrected chi connectivity index (χ0v) is 19.4. The lowest BCUT2D eigenvalue weighted by atomic mass is 9.95. The number of benzene rings is 2. The first-order chi connectivity index (χ1) is 15.0. The minimum atomic E-state index is -0.992. The highest BCUT2D eigenvalue weighted by atomic mass is 35.5. The van der Waals surface area contributed by atoms with E-state index in [2.05, 4.69) is 10.3 Å². The van der Waals surface area contributed by atoms with Gasteiger partial charge < -0.3 is 4.74 Å². The summed E-state index contributed by atoms with van der Waals surface area (Å²) in [6.07, 6.45) is 3.40. The van der Waals surface area contributed by atoms with Gasteiger partial charge in [-0.15, -0.1) is 24.8 Å². The average molecular weight is 497 g/mol. The molecule has 0 amide bonds. The van der Waals surface area contributed by atoms with Crippen LogP contribution >= 0.6 is 24.8 Å². The third kappa shape index (κ3) is 7.89. The smallest absolute Gasteiger partial charge is 0.319 e. The van der Waals surface area contributed by atoms with E-state index in [0.717, 1.165) is 23.3 Å². The van der Waals surface area contributed by atoms with E-state index in [1.54, 1.807) is 37.5 Å². The number of aromatic nitrogens is 1. The molecule has 1 heterocycles. The van der Waals surface area contributed by atoms with Gasteiger partial charge in [0.05, 0.1) is 19.2 Å². The molecule has 3 rings (SSSR count). The van der Waals surface area contributed by atoms with Gasteiger partial charge in [0.1, 0.15) is 0 Å². The summed E-state index contributed by atoms with van der Waals surface area (Å²) in [6.45, 7) is 1.72. The maximum Gasteiger partial charge on any atom is 0.319 e. The highest BCUT2D eigenvalue weighted by Gasteiger charge is 2.22. The van der Waals surface area contributed by atoms with Gasteiger partial charge in [-0.3, -0.25) is 19.9 Å². The molecule has 1 aromatic heterocycles. The first-order valence-electron chi connectivity index (χ1n) is 9.85. The van der Waals surface area contributed by atoms with Crippen LogP contribution in [0.1, 0.15) is 22.8 Å². The fraction of sp³-hybridized carbons (Fsp3) is 0.208. The second-order valence-electron chi connectivity index (χ2n) is 6.87. The van der Waals surface area contributed by atoms with Crippen molar-refractivity contribution in [3.8, 4) is 11.1 Å². The summed E-state index contributed by atoms with van der Waals surface area (Å²) in [4.78, 5) is 29.0. The van der Waals surface area contributed by atoms with Gasteiger partial charge >= 0.3 is 5.97 Å². The number of halogens is 4. The molecular weight excluding hydrogens is 473 g/mol. The van der Waals surface area contributed by atoms with Crippen LogP contribution in [0.15, 0.2) is 67.0 Å². The predicted molar refractivity (Wildman–Crippen MR) is 127 cm³/mol. The van der Waals surface area contributed by atoms with Crippen molar-refractivity contribution < 1.29 is 23.1 Å². The third-order valence-corrected chi connectivity index (χ3v) is 4.70. The molecule has 0 aliphatic rings. The van der Waals surface area contributed by atoms with Gasteiger partial charge in [-0.1, -0.05) is 24.3 Å². The Balaban J connectivity index is 0.00000272. The van der Waals surface area contributed by atoms with Crippen LogP contribution in [0.2, 0.25) is 0 Å². The molecule has 0 bridgehead atoms. The molecule has 0 aliphatic carbocycles. The zero-order chi connectivity index (χ0) is 22.2. The number of carbonyl (C=O) groups excluding carboxylic acids is 2. The standard InChI is InChI=1S/C24H22F2N2O3.2ClH/c1-2-31-23(29)15-28-22(13-16-6-7-20(25)21(26)12-16)24(30)19-5-3-4-18(14-19)17-8-10-27-11-9-17;;/h3-12,14,22,28H,2,13,15H2,1H3;2*1H/t22-;;/m0../s1. The summed E-state index contributed by atoms with van der Waals surface area (Å²) in [5.74, 6) is -2.73. The molecule has 5 nitrogen and oxygen atoms in total. The Morgan fingerprint density at radius 1 is 0.970 bits per heavy atom. The van der Waals surface area contributed by atoms with Gasteiger partial charge in [0.25, 0.3) is 0 Å². The number of nitrogens with zero attached hydrogens (tertiary/aromatic N) is 1. The van der Waals surface area contributed by atoms with E-state index in [4.69, 9.17) is 4.74 Å². The van der Waals surface area contributed by atoms with E-state index in [9.17, 15) is 18.4 Å². The third-order valence-electron chi connectivity index (χ3n) is 4.70. The average Bonchev–Trinajstić information content (AvgIpc) is 2.79. The van der Waals surface area contributed by atoms with Gasteiger partial charge in [-0.05, 0) is 60.4 Å². The fourth-order valence-corrected chi connectivity index (χ4v) is 3.18. The molecule has 0 saturated carbocycles. The number of Topliss-reactive ketones (excluding diaryl/α,β-unsaturated/α-hetero) is 1. The number of carbonyl (C=O) groups is 2. The van der Waals surface area contributed by atoms with Gasteiger partial charge in [0.15, 0.2) is 17.4 Å². The quantitative estimate of drug-likeness (QED) is 0.339. The Morgan fingerprint density at radius 3 is 2.36 bits per heavy atom. The van der Waals surface area contributed by atoms with E-state index < -0.39 is 23.6 Å². The maximum absolute atomic E-state index is 13.6. The first-order valence-corrected chi connectivity index (χ1v) is 9.85. The minimum Gasteiger partial charge on any atom is -0.465 e. The molecule has 0 aliphatic heterocycles. The Labute approximate surface area is 203 Å². The summed E-state index contributed by atoms with van der Waals surface area (Å²) in [5, 5.41) is 2.89. The van der Waals surface area contributed by atoms with E-state index >= 15 is 0 Å². The van der Waals surface area contributed by atoms with Crippen molar-refractivity contribution in [1.82, 2.24) is 10.3 Å². The van der Waals surface area contributed by atoms with Crippen LogP contribution in [0.25, 0.3) is 11.1 Å². The molecule has 2 aromatic carbocycles. The van der Waals surface area contributed by atoms with E-state index in [1.807, 2.05) is 18.2 Å². The number of esters is 1. The van der Waals surface area contributed by atoms with Gasteiger partial charge in [0, 0.05) is 18.0 Å². The first kappa shape index (κ1) is 28.2. The van der Waals surface area contributed by atoms with Crippen molar-refractivity contribution in [2.75, 3.05) is 13.2 Å². The van der Waals surface area contributed by atoms with Crippen molar-refractivity contribution in [3.63, 3.8) is 0 Å². The van der Waals surface area contributed by atoms with Gasteiger partial charge in [-0.25, -0.2) is 8.78 Å². The summed E-state index contributed by atoms with van der Waals surface area (Å²) in [5.41, 5.74) is 2.60. The monoisotopic (exact) mass is 496 g/mol. The maximum atomic E-state index is 13.6. The number of rotatable bonds is 9.